The molecule has 0 saturated heterocycles. The van der Waals surface area contributed by atoms with E-state index in [9.17, 15) is 9.59 Å². The molecule has 5 nitrogen and oxygen atoms in total. The number of unbranched alkanes of at least 4 members (excludes halogenated alkanes) is 1. The van der Waals surface area contributed by atoms with Crippen LogP contribution in [0.5, 0.6) is 0 Å². The predicted octanol–water partition coefficient (Wildman–Crippen LogP) is 3.60. The molecule has 1 unspecified atom stereocenters. The molecule has 0 aliphatic carbocycles. The summed E-state index contributed by atoms with van der Waals surface area (Å²) in [6.07, 6.45) is 3.71. The fraction of sp³-hybridized carbons (Fsp3) is 0.467. The van der Waals surface area contributed by atoms with Crippen LogP contribution in [-0.4, -0.2) is 22.3 Å². The lowest BCUT2D eigenvalue weighted by Crippen LogP contribution is -2.11. The van der Waals surface area contributed by atoms with E-state index in [1.807, 2.05) is 6.92 Å². The highest BCUT2D eigenvalue weighted by molar-refractivity contribution is 5.88. The van der Waals surface area contributed by atoms with Gasteiger partial charge in [-0.15, -0.1) is 0 Å². The van der Waals surface area contributed by atoms with Gasteiger partial charge in [-0.25, -0.2) is 4.79 Å². The molecule has 1 atom stereocenters. The number of carbonyl (C=O) groups is 2. The van der Waals surface area contributed by atoms with Gasteiger partial charge in [0.15, 0.2) is 0 Å². The van der Waals surface area contributed by atoms with Gasteiger partial charge in [-0.3, -0.25) is 9.68 Å². The van der Waals surface area contributed by atoms with Gasteiger partial charge in [0.05, 0.1) is 11.5 Å². The fourth-order valence-corrected chi connectivity index (χ4v) is 1.58. The van der Waals surface area contributed by atoms with Gasteiger partial charge in [0.1, 0.15) is 0 Å². The summed E-state index contributed by atoms with van der Waals surface area (Å²) in [5.41, 5.74) is 0.338. The van der Waals surface area contributed by atoms with Crippen LogP contribution in [0.1, 0.15) is 49.9 Å². The van der Waals surface area contributed by atoms with Crippen LogP contribution in [0.3, 0.4) is 0 Å². The first-order valence-electron chi connectivity index (χ1n) is 6.70. The van der Waals surface area contributed by atoms with E-state index in [1.165, 1.54) is 0 Å². The molecular formula is C15H22O5. The normalized spacial score (nSPS) is 10.9. The molecule has 0 bridgehead atoms. The molecule has 0 spiro atoms. The first-order valence-corrected chi connectivity index (χ1v) is 6.70. The largest absolute Gasteiger partial charge is 0.481 e. The minimum absolute atomic E-state index is 0.111. The SMILES string of the molecule is CCCCC(CC)C(=O)O.O=C(OO)c1ccccc1. The average molecular weight is 282 g/mol. The molecule has 0 radical (unpaired) electrons. The molecule has 20 heavy (non-hydrogen) atoms. The number of aliphatic carboxylic acids is 1. The van der Waals surface area contributed by atoms with Crippen molar-refractivity contribution in [1.82, 2.24) is 0 Å². The van der Waals surface area contributed by atoms with Gasteiger partial charge in [0.25, 0.3) is 0 Å². The zero-order valence-corrected chi connectivity index (χ0v) is 11.9. The van der Waals surface area contributed by atoms with Crippen LogP contribution in [0.2, 0.25) is 0 Å². The zero-order chi connectivity index (χ0) is 15.4. The standard InChI is InChI=1S/C8H16O2.C7H6O3/c1-3-5-6-7(4-2)8(9)10;8-7(10-9)6-4-2-1-3-5-6/h7H,3-6H2,1-2H3,(H,9,10);1-5,9H. The Bertz CT molecular complexity index is 389. The molecule has 0 saturated carbocycles. The molecule has 1 rings (SSSR count). The maximum atomic E-state index is 10.5. The second kappa shape index (κ2) is 11.0. The molecule has 0 heterocycles. The van der Waals surface area contributed by atoms with Crippen LogP contribution in [0.15, 0.2) is 30.3 Å². The lowest BCUT2D eigenvalue weighted by molar-refractivity contribution is -0.182. The highest BCUT2D eigenvalue weighted by Crippen LogP contribution is 2.11. The summed E-state index contributed by atoms with van der Waals surface area (Å²) in [5, 5.41) is 16.5. The first-order chi connectivity index (χ1) is 9.56. The molecule has 0 aliphatic heterocycles. The Morgan fingerprint density at radius 1 is 1.20 bits per heavy atom. The van der Waals surface area contributed by atoms with Gasteiger partial charge in [0, 0.05) is 0 Å². The Morgan fingerprint density at radius 3 is 2.20 bits per heavy atom. The smallest absolute Gasteiger partial charge is 0.372 e. The zero-order valence-electron chi connectivity index (χ0n) is 11.9. The van der Waals surface area contributed by atoms with Crippen LogP contribution >= 0.6 is 0 Å². The predicted molar refractivity (Wildman–Crippen MR) is 75.4 cm³/mol. The summed E-state index contributed by atoms with van der Waals surface area (Å²) in [6, 6.07) is 8.25. The first kappa shape index (κ1) is 18.1. The van der Waals surface area contributed by atoms with Crippen molar-refractivity contribution in [3.8, 4) is 0 Å². The Hall–Kier alpha value is -1.88. The molecule has 0 fully saturated rings. The highest BCUT2D eigenvalue weighted by Gasteiger charge is 2.12. The monoisotopic (exact) mass is 282 g/mol. The van der Waals surface area contributed by atoms with E-state index >= 15 is 0 Å². The lowest BCUT2D eigenvalue weighted by atomic mass is 10.00. The van der Waals surface area contributed by atoms with Crippen LogP contribution in [0, 0.1) is 5.92 Å². The van der Waals surface area contributed by atoms with Gasteiger partial charge >= 0.3 is 11.9 Å². The van der Waals surface area contributed by atoms with Gasteiger partial charge in [-0.1, -0.05) is 44.9 Å². The summed E-state index contributed by atoms with van der Waals surface area (Å²) in [5.74, 6) is -1.49. The van der Waals surface area contributed by atoms with Crippen molar-refractivity contribution in [2.45, 2.75) is 39.5 Å². The molecule has 5 heteroatoms. The topological polar surface area (TPSA) is 83.8 Å². The maximum Gasteiger partial charge on any atom is 0.372 e. The van der Waals surface area contributed by atoms with Crippen molar-refractivity contribution in [2.24, 2.45) is 5.92 Å². The van der Waals surface area contributed by atoms with Crippen LogP contribution in [-0.2, 0) is 9.68 Å². The quantitative estimate of drug-likeness (QED) is 0.615. The summed E-state index contributed by atoms with van der Waals surface area (Å²) in [6.45, 7) is 4.00. The fourth-order valence-electron chi connectivity index (χ4n) is 1.58. The van der Waals surface area contributed by atoms with E-state index in [0.717, 1.165) is 25.7 Å². The van der Waals surface area contributed by atoms with Gasteiger partial charge in [-0.2, -0.15) is 5.26 Å². The van der Waals surface area contributed by atoms with Crippen molar-refractivity contribution in [1.29, 1.82) is 0 Å². The number of carbonyl (C=O) groups excluding carboxylic acids is 1. The van der Waals surface area contributed by atoms with E-state index in [1.54, 1.807) is 30.3 Å². The number of carboxylic acid groups (broad SMARTS) is 1. The number of benzene rings is 1. The Morgan fingerprint density at radius 2 is 1.80 bits per heavy atom. The van der Waals surface area contributed by atoms with Gasteiger partial charge < -0.3 is 5.11 Å². The summed E-state index contributed by atoms with van der Waals surface area (Å²) < 4.78 is 0. The number of rotatable bonds is 6. The summed E-state index contributed by atoms with van der Waals surface area (Å²) in [4.78, 5) is 24.5. The Kier molecular flexibility index (Phi) is 9.96. The van der Waals surface area contributed by atoms with E-state index in [-0.39, 0.29) is 5.92 Å². The molecule has 112 valence electrons. The summed E-state index contributed by atoms with van der Waals surface area (Å²) in [7, 11) is 0. The van der Waals surface area contributed by atoms with Crippen molar-refractivity contribution in [2.75, 3.05) is 0 Å². The molecule has 1 aromatic rings. The van der Waals surface area contributed by atoms with E-state index in [2.05, 4.69) is 11.8 Å². The third kappa shape index (κ3) is 7.53. The van der Waals surface area contributed by atoms with Crippen molar-refractivity contribution < 1.29 is 24.8 Å². The Labute approximate surface area is 119 Å². The molecular weight excluding hydrogens is 260 g/mol. The average Bonchev–Trinajstić information content (AvgIpc) is 2.48. The van der Waals surface area contributed by atoms with Crippen LogP contribution in [0.25, 0.3) is 0 Å². The third-order valence-corrected chi connectivity index (χ3v) is 2.84. The number of carboxylic acids is 1. The van der Waals surface area contributed by atoms with E-state index < -0.39 is 11.9 Å². The molecule has 1 aromatic carbocycles. The second-order valence-electron chi connectivity index (χ2n) is 4.33. The third-order valence-electron chi connectivity index (χ3n) is 2.84. The van der Waals surface area contributed by atoms with Gasteiger partial charge in [0.2, 0.25) is 0 Å². The molecule has 0 aromatic heterocycles. The maximum absolute atomic E-state index is 10.5. The molecule has 2 N–H and O–H groups in total. The second-order valence-corrected chi connectivity index (χ2v) is 4.33. The number of hydrogen-bond donors (Lipinski definition) is 2. The van der Waals surface area contributed by atoms with Gasteiger partial charge in [-0.05, 0) is 25.0 Å². The number of hydrogen-bond acceptors (Lipinski definition) is 4. The van der Waals surface area contributed by atoms with Crippen LogP contribution < -0.4 is 0 Å². The van der Waals surface area contributed by atoms with Crippen molar-refractivity contribution in [3.63, 3.8) is 0 Å². The minimum Gasteiger partial charge on any atom is -0.481 e. The minimum atomic E-state index is -0.736. The van der Waals surface area contributed by atoms with Crippen LogP contribution in [0.4, 0.5) is 0 Å². The van der Waals surface area contributed by atoms with E-state index in [4.69, 9.17) is 10.4 Å². The highest BCUT2D eigenvalue weighted by atomic mass is 17.1. The van der Waals surface area contributed by atoms with Crippen molar-refractivity contribution >= 4 is 11.9 Å². The molecule has 0 amide bonds. The summed E-state index contributed by atoms with van der Waals surface area (Å²) >= 11 is 0. The molecule has 0 aliphatic rings. The van der Waals surface area contributed by atoms with E-state index in [0.29, 0.717) is 5.56 Å². The van der Waals surface area contributed by atoms with Crippen molar-refractivity contribution in [3.05, 3.63) is 35.9 Å². The Balaban J connectivity index is 0.000000361. The lowest BCUT2D eigenvalue weighted by Gasteiger charge is -2.06.